The van der Waals surface area contributed by atoms with Gasteiger partial charge in [-0.15, -0.1) is 0 Å². The Morgan fingerprint density at radius 3 is 2.64 bits per heavy atom. The summed E-state index contributed by atoms with van der Waals surface area (Å²) in [5.41, 5.74) is 4.24. The molecule has 2 aromatic carbocycles. The Labute approximate surface area is 197 Å². The van der Waals surface area contributed by atoms with Crippen molar-refractivity contribution in [3.8, 4) is 0 Å². The number of Topliss-reactive ketones (excluding diaryl/α,β-unsaturated/α-hetero) is 1. The maximum absolute atomic E-state index is 13.3. The van der Waals surface area contributed by atoms with Crippen LogP contribution in [0.4, 0.5) is 11.5 Å². The fourth-order valence-corrected chi connectivity index (χ4v) is 5.00. The number of halogens is 1. The van der Waals surface area contributed by atoms with Crippen LogP contribution in [-0.4, -0.2) is 21.5 Å². The average Bonchev–Trinajstić information content (AvgIpc) is 3.17. The number of amides is 1. The molecule has 0 saturated carbocycles. The molecular formula is C26H25ClN4O2. The lowest BCUT2D eigenvalue weighted by Crippen LogP contribution is -2.37. The van der Waals surface area contributed by atoms with Gasteiger partial charge in [-0.25, -0.2) is 4.68 Å². The molecule has 0 radical (unpaired) electrons. The van der Waals surface area contributed by atoms with Gasteiger partial charge in [0.15, 0.2) is 5.78 Å². The van der Waals surface area contributed by atoms with Crippen molar-refractivity contribution < 1.29 is 9.59 Å². The molecule has 5 rings (SSSR count). The molecule has 1 amide bonds. The zero-order chi connectivity index (χ0) is 23.3. The number of para-hydroxylation sites is 1. The van der Waals surface area contributed by atoms with Crippen LogP contribution in [0.1, 0.15) is 54.2 Å². The van der Waals surface area contributed by atoms with Crippen molar-refractivity contribution >= 4 is 34.8 Å². The van der Waals surface area contributed by atoms with Gasteiger partial charge in [0.1, 0.15) is 17.4 Å². The zero-order valence-corrected chi connectivity index (χ0v) is 19.5. The predicted octanol–water partition coefficient (Wildman–Crippen LogP) is 5.76. The Hall–Kier alpha value is -3.38. The summed E-state index contributed by atoms with van der Waals surface area (Å²) in [5, 5.41) is 11.5. The largest absolute Gasteiger partial charge is 0.343 e. The van der Waals surface area contributed by atoms with E-state index >= 15 is 0 Å². The van der Waals surface area contributed by atoms with Gasteiger partial charge in [0.2, 0.25) is 0 Å². The summed E-state index contributed by atoms with van der Waals surface area (Å²) >= 11 is 6.58. The molecule has 2 heterocycles. The SMILES string of the molecule is Cc1ccccc1NC(=O)c1cnn2c1NC1=C(C(=O)CC(C)(C)C1)[C@@H]2c1ccccc1Cl. The van der Waals surface area contributed by atoms with Gasteiger partial charge in [0.05, 0.1) is 6.20 Å². The first-order valence-electron chi connectivity index (χ1n) is 11.0. The number of carbonyl (C=O) groups excluding carboxylic acids is 2. The Morgan fingerprint density at radius 2 is 1.88 bits per heavy atom. The summed E-state index contributed by atoms with van der Waals surface area (Å²) in [6.07, 6.45) is 2.69. The second kappa shape index (κ2) is 7.89. The number of aryl methyl sites for hydroxylation is 1. The number of benzene rings is 2. The molecule has 1 aromatic heterocycles. The van der Waals surface area contributed by atoms with Crippen LogP contribution in [0.2, 0.25) is 5.02 Å². The molecule has 168 valence electrons. The number of rotatable bonds is 3. The first-order chi connectivity index (χ1) is 15.7. The first-order valence-corrected chi connectivity index (χ1v) is 11.4. The Balaban J connectivity index is 1.62. The van der Waals surface area contributed by atoms with Crippen molar-refractivity contribution in [1.82, 2.24) is 9.78 Å². The highest BCUT2D eigenvalue weighted by molar-refractivity contribution is 6.31. The van der Waals surface area contributed by atoms with Crippen molar-refractivity contribution in [2.75, 3.05) is 10.6 Å². The normalized spacial score (nSPS) is 18.9. The van der Waals surface area contributed by atoms with Gasteiger partial charge in [-0.2, -0.15) is 5.10 Å². The Kier molecular flexibility index (Phi) is 5.13. The van der Waals surface area contributed by atoms with Gasteiger partial charge in [0, 0.05) is 28.4 Å². The van der Waals surface area contributed by atoms with E-state index in [9.17, 15) is 9.59 Å². The molecule has 1 atom stereocenters. The molecular weight excluding hydrogens is 436 g/mol. The average molecular weight is 461 g/mol. The molecule has 2 aliphatic rings. The number of hydrogen-bond acceptors (Lipinski definition) is 4. The second-order valence-corrected chi connectivity index (χ2v) is 9.91. The molecule has 1 aliphatic carbocycles. The van der Waals surface area contributed by atoms with Crippen LogP contribution in [0.3, 0.4) is 0 Å². The monoisotopic (exact) mass is 460 g/mol. The van der Waals surface area contributed by atoms with E-state index in [2.05, 4.69) is 29.6 Å². The van der Waals surface area contributed by atoms with Crippen LogP contribution in [0.25, 0.3) is 0 Å². The third kappa shape index (κ3) is 3.74. The minimum atomic E-state index is -0.492. The summed E-state index contributed by atoms with van der Waals surface area (Å²) in [6.45, 7) is 6.11. The molecule has 0 fully saturated rings. The van der Waals surface area contributed by atoms with Gasteiger partial charge >= 0.3 is 0 Å². The summed E-state index contributed by atoms with van der Waals surface area (Å²) in [5.74, 6) is 0.377. The van der Waals surface area contributed by atoms with E-state index in [1.807, 2.05) is 55.5 Å². The lowest BCUT2D eigenvalue weighted by molar-refractivity contribution is -0.118. The summed E-state index contributed by atoms with van der Waals surface area (Å²) in [7, 11) is 0. The molecule has 7 heteroatoms. The number of aromatic nitrogens is 2. The summed E-state index contributed by atoms with van der Waals surface area (Å²) < 4.78 is 1.71. The van der Waals surface area contributed by atoms with Crippen molar-refractivity contribution in [1.29, 1.82) is 0 Å². The maximum Gasteiger partial charge on any atom is 0.261 e. The third-order valence-electron chi connectivity index (χ3n) is 6.34. The number of ketones is 1. The van der Waals surface area contributed by atoms with Gasteiger partial charge in [-0.3, -0.25) is 9.59 Å². The molecule has 1 aliphatic heterocycles. The quantitative estimate of drug-likeness (QED) is 0.521. The summed E-state index contributed by atoms with van der Waals surface area (Å²) in [6, 6.07) is 14.6. The van der Waals surface area contributed by atoms with E-state index in [0.29, 0.717) is 34.8 Å². The second-order valence-electron chi connectivity index (χ2n) is 9.50. The topological polar surface area (TPSA) is 76.0 Å². The molecule has 2 N–H and O–H groups in total. The Bertz CT molecular complexity index is 1320. The van der Waals surface area contributed by atoms with Crippen molar-refractivity contribution in [2.45, 2.75) is 39.7 Å². The number of nitrogens with one attached hydrogen (secondary N) is 2. The number of hydrogen-bond donors (Lipinski definition) is 2. The van der Waals surface area contributed by atoms with Gasteiger partial charge in [-0.1, -0.05) is 61.8 Å². The van der Waals surface area contributed by atoms with E-state index in [0.717, 1.165) is 22.5 Å². The fraction of sp³-hybridized carbons (Fsp3) is 0.269. The van der Waals surface area contributed by atoms with E-state index in [1.165, 1.54) is 0 Å². The molecule has 6 nitrogen and oxygen atoms in total. The molecule has 0 saturated heterocycles. The highest BCUT2D eigenvalue weighted by atomic mass is 35.5. The molecule has 0 spiro atoms. The van der Waals surface area contributed by atoms with Crippen LogP contribution in [-0.2, 0) is 4.79 Å². The zero-order valence-electron chi connectivity index (χ0n) is 18.8. The van der Waals surface area contributed by atoms with E-state index in [1.54, 1.807) is 10.9 Å². The van der Waals surface area contributed by atoms with E-state index in [-0.39, 0.29) is 17.1 Å². The number of carbonyl (C=O) groups is 2. The van der Waals surface area contributed by atoms with Crippen LogP contribution in [0.15, 0.2) is 66.0 Å². The van der Waals surface area contributed by atoms with Crippen LogP contribution < -0.4 is 10.6 Å². The minimum Gasteiger partial charge on any atom is -0.343 e. The van der Waals surface area contributed by atoms with Crippen LogP contribution in [0.5, 0.6) is 0 Å². The predicted molar refractivity (Wildman–Crippen MR) is 130 cm³/mol. The summed E-state index contributed by atoms with van der Waals surface area (Å²) in [4.78, 5) is 26.6. The first kappa shape index (κ1) is 21.5. The number of anilines is 2. The highest BCUT2D eigenvalue weighted by Gasteiger charge is 2.42. The van der Waals surface area contributed by atoms with E-state index < -0.39 is 6.04 Å². The fourth-order valence-electron chi connectivity index (χ4n) is 4.76. The minimum absolute atomic E-state index is 0.0748. The molecule has 3 aromatic rings. The van der Waals surface area contributed by atoms with Gasteiger partial charge in [-0.05, 0) is 42.0 Å². The molecule has 33 heavy (non-hydrogen) atoms. The van der Waals surface area contributed by atoms with Gasteiger partial charge < -0.3 is 10.6 Å². The molecule has 0 unspecified atom stereocenters. The molecule has 0 bridgehead atoms. The number of allylic oxidation sites excluding steroid dienone is 2. The van der Waals surface area contributed by atoms with Crippen LogP contribution >= 0.6 is 11.6 Å². The van der Waals surface area contributed by atoms with Crippen molar-refractivity contribution in [3.05, 3.63) is 87.7 Å². The standard InChI is InChI=1S/C26H25ClN4O2/c1-15-8-4-7-11-19(15)30-25(33)17-14-28-31-23(16-9-5-6-10-18(16)27)22-20(29-24(17)31)12-26(2,3)13-21(22)32/h4-11,14,23,29H,12-13H2,1-3H3,(H,30,33)/t23-/m0/s1. The van der Waals surface area contributed by atoms with Gasteiger partial charge in [0.25, 0.3) is 5.91 Å². The third-order valence-corrected chi connectivity index (χ3v) is 6.68. The number of nitrogens with zero attached hydrogens (tertiary/aromatic N) is 2. The lowest BCUT2D eigenvalue weighted by Gasteiger charge is -2.39. The smallest absolute Gasteiger partial charge is 0.261 e. The van der Waals surface area contributed by atoms with Crippen molar-refractivity contribution in [2.24, 2.45) is 5.41 Å². The van der Waals surface area contributed by atoms with E-state index in [4.69, 9.17) is 11.6 Å². The Morgan fingerprint density at radius 1 is 1.15 bits per heavy atom. The number of fused-ring (bicyclic) bond motifs is 1. The van der Waals surface area contributed by atoms with Crippen LogP contribution in [0, 0.1) is 12.3 Å². The highest BCUT2D eigenvalue weighted by Crippen LogP contribution is 2.47. The lowest BCUT2D eigenvalue weighted by atomic mass is 9.73. The maximum atomic E-state index is 13.3. The van der Waals surface area contributed by atoms with Crippen molar-refractivity contribution in [3.63, 3.8) is 0 Å².